The molecule has 1 aromatic rings. The zero-order valence-electron chi connectivity index (χ0n) is 12.4. The third-order valence-corrected chi connectivity index (χ3v) is 4.22. The summed E-state index contributed by atoms with van der Waals surface area (Å²) in [5.74, 6) is 0.760. The van der Waals surface area contributed by atoms with Crippen molar-refractivity contribution in [1.82, 2.24) is 0 Å². The highest BCUT2D eigenvalue weighted by Crippen LogP contribution is 2.38. The molecule has 0 bridgehead atoms. The lowest BCUT2D eigenvalue weighted by Crippen LogP contribution is -2.38. The minimum atomic E-state index is 0.0675. The summed E-state index contributed by atoms with van der Waals surface area (Å²) < 4.78 is 5.22. The van der Waals surface area contributed by atoms with E-state index in [4.69, 9.17) is 27.3 Å². The first kappa shape index (κ1) is 15.9. The van der Waals surface area contributed by atoms with Crippen molar-refractivity contribution >= 4 is 23.1 Å². The highest BCUT2D eigenvalue weighted by atomic mass is 35.5. The topological polar surface area (TPSA) is 71.1 Å². The summed E-state index contributed by atoms with van der Waals surface area (Å²) >= 11 is 6.05. The van der Waals surface area contributed by atoms with Gasteiger partial charge in [0.05, 0.1) is 6.61 Å². The monoisotopic (exact) mass is 311 g/mol. The van der Waals surface area contributed by atoms with E-state index < -0.39 is 0 Å². The first-order valence-corrected chi connectivity index (χ1v) is 7.49. The largest absolute Gasteiger partial charge is 0.409 e. The molecule has 1 atom stereocenters. The normalized spacial score (nSPS) is 16.8. The number of hydrogen-bond donors (Lipinski definition) is 2. The van der Waals surface area contributed by atoms with Crippen LogP contribution in [0.1, 0.15) is 25.3 Å². The summed E-state index contributed by atoms with van der Waals surface area (Å²) in [6.45, 7) is 3.58. The van der Waals surface area contributed by atoms with Gasteiger partial charge in [0.25, 0.3) is 0 Å². The highest BCUT2D eigenvalue weighted by molar-refractivity contribution is 6.31. The Kier molecular flexibility index (Phi) is 5.31. The summed E-state index contributed by atoms with van der Waals surface area (Å²) in [4.78, 5) is 2.25. The van der Waals surface area contributed by atoms with Crippen molar-refractivity contribution in [1.29, 1.82) is 0 Å². The number of benzene rings is 1. The zero-order chi connectivity index (χ0) is 15.4. The van der Waals surface area contributed by atoms with E-state index in [1.54, 1.807) is 13.2 Å². The van der Waals surface area contributed by atoms with Gasteiger partial charge < -0.3 is 20.6 Å². The molecule has 0 aromatic heterocycles. The summed E-state index contributed by atoms with van der Waals surface area (Å²) in [7, 11) is 1.69. The number of ether oxygens (including phenoxy) is 1. The summed E-state index contributed by atoms with van der Waals surface area (Å²) in [5, 5.41) is 12.7. The Balaban J connectivity index is 2.37. The second-order valence-corrected chi connectivity index (χ2v) is 5.85. The van der Waals surface area contributed by atoms with Crippen molar-refractivity contribution < 1.29 is 9.94 Å². The molecule has 6 heteroatoms. The Hall–Kier alpha value is -1.46. The van der Waals surface area contributed by atoms with Gasteiger partial charge in [0.2, 0.25) is 0 Å². The Morgan fingerprint density at radius 1 is 1.57 bits per heavy atom. The molecule has 0 saturated heterocycles. The van der Waals surface area contributed by atoms with E-state index in [0.717, 1.165) is 12.2 Å². The smallest absolute Gasteiger partial charge is 0.172 e. The summed E-state index contributed by atoms with van der Waals surface area (Å²) in [6.07, 6.45) is 2.49. The predicted molar refractivity (Wildman–Crippen MR) is 85.4 cm³/mol. The molecule has 0 aliphatic heterocycles. The van der Waals surface area contributed by atoms with Gasteiger partial charge in [0, 0.05) is 36.0 Å². The maximum atomic E-state index is 9.00. The fraction of sp³-hybridized carbons (Fsp3) is 0.533. The number of hydrogen-bond acceptors (Lipinski definition) is 4. The van der Waals surface area contributed by atoms with E-state index in [9.17, 15) is 0 Å². The molecular weight excluding hydrogens is 290 g/mol. The van der Waals surface area contributed by atoms with E-state index in [-0.39, 0.29) is 5.84 Å². The van der Waals surface area contributed by atoms with Gasteiger partial charge >= 0.3 is 0 Å². The van der Waals surface area contributed by atoms with Crippen LogP contribution in [0.25, 0.3) is 0 Å². The van der Waals surface area contributed by atoms with Crippen LogP contribution in [0.15, 0.2) is 23.4 Å². The standard InChI is InChI=1S/C15H22ClN3O2/c1-10(11-3-4-11)19(7-8-21-2)14-6-5-12(16)9-13(14)15(17)18-20/h5-6,9-11,20H,3-4,7-8H2,1-2H3,(H2,17,18). The summed E-state index contributed by atoms with van der Waals surface area (Å²) in [5.41, 5.74) is 7.37. The third-order valence-electron chi connectivity index (χ3n) is 3.98. The number of amidine groups is 1. The minimum absolute atomic E-state index is 0.0675. The van der Waals surface area contributed by atoms with Crippen LogP contribution in [-0.2, 0) is 4.74 Å². The SMILES string of the molecule is COCCN(c1ccc(Cl)cc1C(N)=NO)C(C)C1CC1. The van der Waals surface area contributed by atoms with Gasteiger partial charge in [-0.15, -0.1) is 0 Å². The number of nitrogens with two attached hydrogens (primary N) is 1. The first-order valence-electron chi connectivity index (χ1n) is 7.11. The molecule has 1 unspecified atom stereocenters. The quantitative estimate of drug-likeness (QED) is 0.351. The number of nitrogens with zero attached hydrogens (tertiary/aromatic N) is 2. The fourth-order valence-corrected chi connectivity index (χ4v) is 2.76. The van der Waals surface area contributed by atoms with Crippen molar-refractivity contribution in [2.24, 2.45) is 16.8 Å². The minimum Gasteiger partial charge on any atom is -0.409 e. The molecule has 5 nitrogen and oxygen atoms in total. The molecule has 21 heavy (non-hydrogen) atoms. The average molecular weight is 312 g/mol. The summed E-state index contributed by atoms with van der Waals surface area (Å²) in [6, 6.07) is 5.85. The van der Waals surface area contributed by atoms with E-state index in [2.05, 4.69) is 17.0 Å². The van der Waals surface area contributed by atoms with Crippen LogP contribution in [0.5, 0.6) is 0 Å². The molecule has 0 spiro atoms. The Bertz CT molecular complexity index is 518. The number of anilines is 1. The molecule has 1 aromatic carbocycles. The van der Waals surface area contributed by atoms with Gasteiger partial charge in [-0.3, -0.25) is 0 Å². The molecule has 0 radical (unpaired) electrons. The Morgan fingerprint density at radius 2 is 2.29 bits per heavy atom. The number of methoxy groups -OCH3 is 1. The maximum Gasteiger partial charge on any atom is 0.172 e. The Morgan fingerprint density at radius 3 is 2.86 bits per heavy atom. The fourth-order valence-electron chi connectivity index (χ4n) is 2.58. The molecule has 0 heterocycles. The van der Waals surface area contributed by atoms with Crippen molar-refractivity contribution in [3.8, 4) is 0 Å². The zero-order valence-corrected chi connectivity index (χ0v) is 13.2. The molecule has 1 fully saturated rings. The number of halogens is 1. The molecule has 1 aliphatic carbocycles. The van der Waals surface area contributed by atoms with E-state index in [0.29, 0.717) is 29.2 Å². The number of oxime groups is 1. The number of rotatable bonds is 7. The molecule has 0 amide bonds. The van der Waals surface area contributed by atoms with Crippen LogP contribution < -0.4 is 10.6 Å². The lowest BCUT2D eigenvalue weighted by Gasteiger charge is -2.33. The van der Waals surface area contributed by atoms with Crippen molar-refractivity contribution in [3.05, 3.63) is 28.8 Å². The van der Waals surface area contributed by atoms with E-state index in [1.165, 1.54) is 12.8 Å². The van der Waals surface area contributed by atoms with Gasteiger partial charge in [0.15, 0.2) is 5.84 Å². The molecule has 3 N–H and O–H groups in total. The van der Waals surface area contributed by atoms with Gasteiger partial charge in [-0.25, -0.2) is 0 Å². The first-order chi connectivity index (χ1) is 10.1. The third kappa shape index (κ3) is 3.80. The maximum absolute atomic E-state index is 9.00. The van der Waals surface area contributed by atoms with Crippen LogP contribution in [-0.4, -0.2) is 37.3 Å². The molecule has 1 saturated carbocycles. The molecule has 116 valence electrons. The Labute approximate surface area is 130 Å². The van der Waals surface area contributed by atoms with E-state index >= 15 is 0 Å². The van der Waals surface area contributed by atoms with Crippen molar-refractivity contribution in [2.75, 3.05) is 25.2 Å². The molecular formula is C15H22ClN3O2. The van der Waals surface area contributed by atoms with Crippen LogP contribution in [0.4, 0.5) is 5.69 Å². The van der Waals surface area contributed by atoms with Gasteiger partial charge in [-0.2, -0.15) is 0 Å². The van der Waals surface area contributed by atoms with Crippen molar-refractivity contribution in [3.63, 3.8) is 0 Å². The van der Waals surface area contributed by atoms with Crippen LogP contribution in [0.2, 0.25) is 5.02 Å². The van der Waals surface area contributed by atoms with Crippen LogP contribution in [0.3, 0.4) is 0 Å². The lowest BCUT2D eigenvalue weighted by atomic mass is 10.1. The van der Waals surface area contributed by atoms with E-state index in [1.807, 2.05) is 12.1 Å². The van der Waals surface area contributed by atoms with Gasteiger partial charge in [-0.1, -0.05) is 16.8 Å². The average Bonchev–Trinajstić information content (AvgIpc) is 3.32. The molecule has 1 aliphatic rings. The van der Waals surface area contributed by atoms with Crippen LogP contribution in [0, 0.1) is 5.92 Å². The predicted octanol–water partition coefficient (Wildman–Crippen LogP) is 2.69. The van der Waals surface area contributed by atoms with Gasteiger partial charge in [-0.05, 0) is 43.9 Å². The van der Waals surface area contributed by atoms with Crippen LogP contribution >= 0.6 is 11.6 Å². The second-order valence-electron chi connectivity index (χ2n) is 5.41. The lowest BCUT2D eigenvalue weighted by molar-refractivity contribution is 0.202. The molecule has 2 rings (SSSR count). The van der Waals surface area contributed by atoms with Crippen molar-refractivity contribution in [2.45, 2.75) is 25.8 Å². The second kappa shape index (κ2) is 7.00. The van der Waals surface area contributed by atoms with Gasteiger partial charge in [0.1, 0.15) is 0 Å². The highest BCUT2D eigenvalue weighted by Gasteiger charge is 2.33.